The molecule has 1 aliphatic heterocycles. The number of benzene rings is 1. The number of likely N-dealkylation sites (tertiary alicyclic amines) is 1. The van der Waals surface area contributed by atoms with Crippen LogP contribution < -0.4 is 5.73 Å². The molecule has 1 aromatic rings. The molecule has 0 amide bonds. The molecule has 1 saturated heterocycles. The summed E-state index contributed by atoms with van der Waals surface area (Å²) in [6.07, 6.45) is 2.48. The molecule has 0 spiro atoms. The Balaban J connectivity index is 2.09. The van der Waals surface area contributed by atoms with E-state index in [1.54, 1.807) is 12.1 Å². The predicted molar refractivity (Wildman–Crippen MR) is 71.2 cm³/mol. The first-order valence-electron chi connectivity index (χ1n) is 6.31. The molecule has 1 unspecified atom stereocenters. The number of hydrogen-bond acceptors (Lipinski definition) is 4. The lowest BCUT2D eigenvalue weighted by Gasteiger charge is -2.30. The highest BCUT2D eigenvalue weighted by Gasteiger charge is 2.18. The smallest absolute Gasteiger partial charge is 0.292 e. The number of anilines is 1. The van der Waals surface area contributed by atoms with Gasteiger partial charge >= 0.3 is 0 Å². The topological polar surface area (TPSA) is 72.4 Å². The first-order valence-corrected chi connectivity index (χ1v) is 6.31. The number of hydrogen-bond donors (Lipinski definition) is 1. The number of nitro benzene ring substituents is 1. The molecule has 0 aromatic heterocycles. The number of nitrogen functional groups attached to an aromatic ring is 1. The van der Waals surface area contributed by atoms with Crippen molar-refractivity contribution in [2.75, 3.05) is 18.8 Å². The van der Waals surface area contributed by atoms with Crippen LogP contribution in [-0.2, 0) is 6.54 Å². The summed E-state index contributed by atoms with van der Waals surface area (Å²) in [6.45, 7) is 5.16. The van der Waals surface area contributed by atoms with E-state index in [9.17, 15) is 10.1 Å². The Bertz CT molecular complexity index is 448. The van der Waals surface area contributed by atoms with Crippen molar-refractivity contribution in [3.05, 3.63) is 33.9 Å². The molecule has 0 aliphatic carbocycles. The van der Waals surface area contributed by atoms with E-state index < -0.39 is 4.92 Å². The predicted octanol–water partition coefficient (Wildman–Crippen LogP) is 2.41. The molecule has 1 aliphatic rings. The first kappa shape index (κ1) is 12.8. The number of piperidine rings is 1. The van der Waals surface area contributed by atoms with E-state index in [2.05, 4.69) is 11.8 Å². The van der Waals surface area contributed by atoms with Crippen LogP contribution in [0, 0.1) is 16.0 Å². The second-order valence-corrected chi connectivity index (χ2v) is 5.13. The van der Waals surface area contributed by atoms with Crippen molar-refractivity contribution in [2.45, 2.75) is 26.3 Å². The molecule has 18 heavy (non-hydrogen) atoms. The monoisotopic (exact) mass is 249 g/mol. The number of nitrogens with two attached hydrogens (primary N) is 1. The van der Waals surface area contributed by atoms with Gasteiger partial charge in [0.1, 0.15) is 5.69 Å². The minimum Gasteiger partial charge on any atom is -0.393 e. The fourth-order valence-corrected chi connectivity index (χ4v) is 2.53. The second-order valence-electron chi connectivity index (χ2n) is 5.13. The van der Waals surface area contributed by atoms with Crippen molar-refractivity contribution in [1.29, 1.82) is 0 Å². The summed E-state index contributed by atoms with van der Waals surface area (Å²) in [7, 11) is 0. The van der Waals surface area contributed by atoms with Gasteiger partial charge in [0.15, 0.2) is 0 Å². The number of nitro groups is 1. The van der Waals surface area contributed by atoms with Gasteiger partial charge in [0.05, 0.1) is 4.92 Å². The van der Waals surface area contributed by atoms with Crippen molar-refractivity contribution in [1.82, 2.24) is 4.90 Å². The molecule has 1 atom stereocenters. The first-order chi connectivity index (χ1) is 8.56. The zero-order valence-corrected chi connectivity index (χ0v) is 10.6. The van der Waals surface area contributed by atoms with Gasteiger partial charge in [-0.3, -0.25) is 15.0 Å². The van der Waals surface area contributed by atoms with Crippen LogP contribution in [0.5, 0.6) is 0 Å². The van der Waals surface area contributed by atoms with E-state index in [4.69, 9.17) is 5.73 Å². The molecule has 0 radical (unpaired) electrons. The number of rotatable bonds is 3. The van der Waals surface area contributed by atoms with E-state index in [1.807, 2.05) is 6.07 Å². The van der Waals surface area contributed by atoms with Gasteiger partial charge in [0, 0.05) is 19.2 Å². The lowest BCUT2D eigenvalue weighted by molar-refractivity contribution is -0.384. The Morgan fingerprint density at radius 1 is 1.56 bits per heavy atom. The number of nitrogens with zero attached hydrogens (tertiary/aromatic N) is 2. The normalized spacial score (nSPS) is 20.8. The Morgan fingerprint density at radius 3 is 3.00 bits per heavy atom. The van der Waals surface area contributed by atoms with Crippen LogP contribution in [0.25, 0.3) is 0 Å². The third kappa shape index (κ3) is 2.98. The molecule has 0 saturated carbocycles. The fraction of sp³-hybridized carbons (Fsp3) is 0.538. The van der Waals surface area contributed by atoms with Crippen LogP contribution in [0.4, 0.5) is 11.4 Å². The van der Waals surface area contributed by atoms with E-state index >= 15 is 0 Å². The minimum absolute atomic E-state index is 0.0116. The van der Waals surface area contributed by atoms with Gasteiger partial charge < -0.3 is 5.73 Å². The summed E-state index contributed by atoms with van der Waals surface area (Å²) in [5, 5.41) is 10.8. The van der Waals surface area contributed by atoms with Crippen LogP contribution in [0.2, 0.25) is 0 Å². The third-order valence-corrected chi connectivity index (χ3v) is 3.44. The van der Waals surface area contributed by atoms with Crippen LogP contribution in [0.15, 0.2) is 18.2 Å². The quantitative estimate of drug-likeness (QED) is 0.507. The van der Waals surface area contributed by atoms with Gasteiger partial charge in [0.2, 0.25) is 0 Å². The fourth-order valence-electron chi connectivity index (χ4n) is 2.53. The van der Waals surface area contributed by atoms with Crippen molar-refractivity contribution in [3.8, 4) is 0 Å². The van der Waals surface area contributed by atoms with E-state index in [-0.39, 0.29) is 11.4 Å². The minimum atomic E-state index is -0.419. The van der Waals surface area contributed by atoms with Crippen molar-refractivity contribution in [2.24, 2.45) is 5.92 Å². The summed E-state index contributed by atoms with van der Waals surface area (Å²) < 4.78 is 0. The molecule has 1 heterocycles. The standard InChI is InChI=1S/C13H19N3O2/c1-10-3-2-6-15(8-10)9-11-4-5-12(14)13(7-11)16(17)18/h4-5,7,10H,2-3,6,8-9,14H2,1H3. The highest BCUT2D eigenvalue weighted by molar-refractivity contribution is 5.59. The Morgan fingerprint density at radius 2 is 2.33 bits per heavy atom. The van der Waals surface area contributed by atoms with Crippen molar-refractivity contribution in [3.63, 3.8) is 0 Å². The highest BCUT2D eigenvalue weighted by atomic mass is 16.6. The summed E-state index contributed by atoms with van der Waals surface area (Å²) in [6, 6.07) is 5.09. The SMILES string of the molecule is CC1CCCN(Cc2ccc(N)c([N+](=O)[O-])c2)C1. The van der Waals surface area contributed by atoms with Crippen LogP contribution in [0.1, 0.15) is 25.3 Å². The van der Waals surface area contributed by atoms with Crippen molar-refractivity contribution >= 4 is 11.4 Å². The molecule has 1 aromatic carbocycles. The Kier molecular flexibility index (Phi) is 3.81. The molecule has 5 heteroatoms. The summed E-state index contributed by atoms with van der Waals surface area (Å²) in [4.78, 5) is 12.8. The summed E-state index contributed by atoms with van der Waals surface area (Å²) in [5.41, 5.74) is 6.80. The molecular formula is C13H19N3O2. The highest BCUT2D eigenvalue weighted by Crippen LogP contribution is 2.24. The van der Waals surface area contributed by atoms with Gasteiger partial charge in [-0.25, -0.2) is 0 Å². The van der Waals surface area contributed by atoms with Gasteiger partial charge in [-0.1, -0.05) is 13.0 Å². The zero-order chi connectivity index (χ0) is 13.1. The summed E-state index contributed by atoms with van der Waals surface area (Å²) in [5.74, 6) is 0.711. The molecule has 1 fully saturated rings. The lowest BCUT2D eigenvalue weighted by Crippen LogP contribution is -2.33. The molecule has 98 valence electrons. The molecule has 5 nitrogen and oxygen atoms in total. The molecular weight excluding hydrogens is 230 g/mol. The average molecular weight is 249 g/mol. The average Bonchev–Trinajstić information content (AvgIpc) is 2.31. The van der Waals surface area contributed by atoms with E-state index in [0.717, 1.165) is 25.2 Å². The molecule has 2 N–H and O–H groups in total. The molecule has 0 bridgehead atoms. The van der Waals surface area contributed by atoms with Gasteiger partial charge in [-0.2, -0.15) is 0 Å². The maximum atomic E-state index is 10.8. The lowest BCUT2D eigenvalue weighted by atomic mass is 10.00. The Hall–Kier alpha value is -1.62. The zero-order valence-electron chi connectivity index (χ0n) is 10.6. The van der Waals surface area contributed by atoms with Gasteiger partial charge in [-0.05, 0) is 36.9 Å². The van der Waals surface area contributed by atoms with Gasteiger partial charge in [-0.15, -0.1) is 0 Å². The largest absolute Gasteiger partial charge is 0.393 e. The summed E-state index contributed by atoms with van der Waals surface area (Å²) >= 11 is 0. The third-order valence-electron chi connectivity index (χ3n) is 3.44. The van der Waals surface area contributed by atoms with Gasteiger partial charge in [0.25, 0.3) is 5.69 Å². The maximum absolute atomic E-state index is 10.8. The second kappa shape index (κ2) is 5.35. The van der Waals surface area contributed by atoms with Crippen LogP contribution >= 0.6 is 0 Å². The maximum Gasteiger partial charge on any atom is 0.292 e. The Labute approximate surface area is 107 Å². The van der Waals surface area contributed by atoms with Crippen LogP contribution in [-0.4, -0.2) is 22.9 Å². The molecule has 2 rings (SSSR count). The van der Waals surface area contributed by atoms with Crippen LogP contribution in [0.3, 0.4) is 0 Å². The van der Waals surface area contributed by atoms with E-state index in [0.29, 0.717) is 5.92 Å². The van der Waals surface area contributed by atoms with E-state index in [1.165, 1.54) is 12.8 Å². The van der Waals surface area contributed by atoms with Crippen molar-refractivity contribution < 1.29 is 4.92 Å².